The number of H-pyrrole nitrogens is 1. The average Bonchev–Trinajstić information content (AvgIpc) is 3.31. The van der Waals surface area contributed by atoms with Gasteiger partial charge in [-0.25, -0.2) is 9.97 Å². The third-order valence-corrected chi connectivity index (χ3v) is 6.54. The second-order valence-corrected chi connectivity index (χ2v) is 8.27. The molecule has 0 spiro atoms. The third kappa shape index (κ3) is 3.25. The van der Waals surface area contributed by atoms with Crippen LogP contribution in [0.15, 0.2) is 42.5 Å². The summed E-state index contributed by atoms with van der Waals surface area (Å²) in [4.78, 5) is 25.6. The summed E-state index contributed by atoms with van der Waals surface area (Å²) in [6.07, 6.45) is 2.18. The largest absolute Gasteiger partial charge is 0.341 e. The molecule has 1 saturated heterocycles. The Morgan fingerprint density at radius 2 is 1.96 bits per heavy atom. The maximum atomic E-state index is 10.9. The SMILES string of the molecule is O=[N+]([O-])c1ccc2nc(CN3CCC(c4nc5ccccc5s4)CC3)[nH]c2c1. The quantitative estimate of drug-likeness (QED) is 0.408. The Morgan fingerprint density at radius 1 is 1.14 bits per heavy atom. The Kier molecular flexibility index (Phi) is 4.29. The number of hydrogen-bond donors (Lipinski definition) is 1. The van der Waals surface area contributed by atoms with Gasteiger partial charge in [-0.3, -0.25) is 15.0 Å². The van der Waals surface area contributed by atoms with Crippen molar-refractivity contribution in [1.82, 2.24) is 19.9 Å². The van der Waals surface area contributed by atoms with Gasteiger partial charge in [0.05, 0.1) is 37.7 Å². The van der Waals surface area contributed by atoms with Crippen LogP contribution in [-0.4, -0.2) is 37.9 Å². The molecule has 1 N–H and O–H groups in total. The van der Waals surface area contributed by atoms with Crippen LogP contribution in [0.25, 0.3) is 21.3 Å². The minimum absolute atomic E-state index is 0.0827. The van der Waals surface area contributed by atoms with Crippen LogP contribution in [-0.2, 0) is 6.54 Å². The van der Waals surface area contributed by atoms with E-state index in [1.54, 1.807) is 12.1 Å². The van der Waals surface area contributed by atoms with Crippen LogP contribution in [0.4, 0.5) is 5.69 Å². The summed E-state index contributed by atoms with van der Waals surface area (Å²) in [7, 11) is 0. The lowest BCUT2D eigenvalue weighted by Crippen LogP contribution is -2.32. The molecule has 2 aromatic heterocycles. The van der Waals surface area contributed by atoms with Crippen LogP contribution in [0.2, 0.25) is 0 Å². The number of non-ortho nitro benzene ring substituents is 1. The molecule has 142 valence electrons. The molecular formula is C20H19N5O2S. The number of aromatic nitrogens is 3. The fourth-order valence-corrected chi connectivity index (χ4v) is 4.99. The number of nitro groups is 1. The molecule has 7 nitrogen and oxygen atoms in total. The summed E-state index contributed by atoms with van der Waals surface area (Å²) in [5.74, 6) is 1.38. The summed E-state index contributed by atoms with van der Waals surface area (Å²) < 4.78 is 1.26. The molecule has 1 aliphatic rings. The molecule has 3 heterocycles. The summed E-state index contributed by atoms with van der Waals surface area (Å²) in [5, 5.41) is 12.2. The van der Waals surface area contributed by atoms with E-state index in [1.165, 1.54) is 15.8 Å². The normalized spacial score (nSPS) is 16.1. The zero-order chi connectivity index (χ0) is 19.1. The highest BCUT2D eigenvalue weighted by Gasteiger charge is 2.24. The fourth-order valence-electron chi connectivity index (χ4n) is 3.85. The van der Waals surface area contributed by atoms with E-state index in [2.05, 4.69) is 33.1 Å². The Labute approximate surface area is 165 Å². The molecule has 4 aromatic rings. The van der Waals surface area contributed by atoms with Gasteiger partial charge in [-0.2, -0.15) is 0 Å². The van der Waals surface area contributed by atoms with E-state index < -0.39 is 0 Å². The summed E-state index contributed by atoms with van der Waals surface area (Å²) in [5.41, 5.74) is 2.67. The van der Waals surface area contributed by atoms with Crippen molar-refractivity contribution in [2.45, 2.75) is 25.3 Å². The lowest BCUT2D eigenvalue weighted by atomic mass is 9.97. The standard InChI is InChI=1S/C20H19N5O2S/c26-25(27)14-5-6-15-17(11-14)22-19(21-15)12-24-9-7-13(8-10-24)20-23-16-3-1-2-4-18(16)28-20/h1-6,11,13H,7-10,12H2,(H,21,22). The number of nitrogens with zero attached hydrogens (tertiary/aromatic N) is 4. The number of aromatic amines is 1. The Bertz CT molecular complexity index is 1130. The van der Waals surface area contributed by atoms with E-state index in [-0.39, 0.29) is 10.6 Å². The number of nitro benzene ring substituents is 1. The Morgan fingerprint density at radius 3 is 2.75 bits per heavy atom. The van der Waals surface area contributed by atoms with Crippen molar-refractivity contribution in [2.75, 3.05) is 13.1 Å². The number of nitrogens with one attached hydrogen (secondary N) is 1. The molecule has 0 atom stereocenters. The first-order valence-corrected chi connectivity index (χ1v) is 10.2. The van der Waals surface area contributed by atoms with Crippen LogP contribution in [0.5, 0.6) is 0 Å². The molecule has 8 heteroatoms. The van der Waals surface area contributed by atoms with Crippen molar-refractivity contribution in [1.29, 1.82) is 0 Å². The Hall–Kier alpha value is -2.84. The molecule has 1 aliphatic heterocycles. The average molecular weight is 393 g/mol. The first-order valence-electron chi connectivity index (χ1n) is 9.36. The van der Waals surface area contributed by atoms with Gasteiger partial charge in [0.15, 0.2) is 0 Å². The number of rotatable bonds is 4. The minimum Gasteiger partial charge on any atom is -0.341 e. The summed E-state index contributed by atoms with van der Waals surface area (Å²) >= 11 is 1.81. The van der Waals surface area contributed by atoms with Gasteiger partial charge in [0.1, 0.15) is 5.82 Å². The third-order valence-electron chi connectivity index (χ3n) is 5.35. The lowest BCUT2D eigenvalue weighted by Gasteiger charge is -2.30. The van der Waals surface area contributed by atoms with Crippen molar-refractivity contribution in [3.8, 4) is 0 Å². The zero-order valence-corrected chi connectivity index (χ0v) is 16.0. The molecule has 28 heavy (non-hydrogen) atoms. The number of likely N-dealkylation sites (tertiary alicyclic amines) is 1. The predicted molar refractivity (Wildman–Crippen MR) is 110 cm³/mol. The highest BCUT2D eigenvalue weighted by atomic mass is 32.1. The molecule has 0 amide bonds. The molecule has 0 radical (unpaired) electrons. The first kappa shape index (κ1) is 17.3. The Balaban J connectivity index is 1.25. The van der Waals surface area contributed by atoms with Crippen molar-refractivity contribution < 1.29 is 4.92 Å². The highest BCUT2D eigenvalue weighted by molar-refractivity contribution is 7.18. The summed E-state index contributed by atoms with van der Waals surface area (Å²) in [6, 6.07) is 13.1. The summed E-state index contributed by atoms with van der Waals surface area (Å²) in [6.45, 7) is 2.73. The fraction of sp³-hybridized carbons (Fsp3) is 0.300. The molecule has 0 aliphatic carbocycles. The maximum Gasteiger partial charge on any atom is 0.271 e. The number of hydrogen-bond acceptors (Lipinski definition) is 6. The van der Waals surface area contributed by atoms with Gasteiger partial charge >= 0.3 is 0 Å². The van der Waals surface area contributed by atoms with Gasteiger partial charge in [0.25, 0.3) is 5.69 Å². The van der Waals surface area contributed by atoms with Gasteiger partial charge in [-0.1, -0.05) is 12.1 Å². The number of imidazole rings is 1. The van der Waals surface area contributed by atoms with E-state index in [4.69, 9.17) is 4.98 Å². The van der Waals surface area contributed by atoms with Gasteiger partial charge in [0, 0.05) is 18.1 Å². The van der Waals surface area contributed by atoms with Crippen LogP contribution >= 0.6 is 11.3 Å². The number of benzene rings is 2. The molecular weight excluding hydrogens is 374 g/mol. The van der Waals surface area contributed by atoms with Crippen molar-refractivity contribution in [3.05, 3.63) is 63.4 Å². The van der Waals surface area contributed by atoms with Crippen molar-refractivity contribution in [3.63, 3.8) is 0 Å². The van der Waals surface area contributed by atoms with Crippen LogP contribution < -0.4 is 0 Å². The topological polar surface area (TPSA) is 87.9 Å². The second-order valence-electron chi connectivity index (χ2n) is 7.21. The highest BCUT2D eigenvalue weighted by Crippen LogP contribution is 2.34. The molecule has 2 aromatic carbocycles. The van der Waals surface area contributed by atoms with E-state index in [0.29, 0.717) is 11.4 Å². The maximum absolute atomic E-state index is 10.9. The molecule has 1 fully saturated rings. The molecule has 0 saturated carbocycles. The van der Waals surface area contributed by atoms with Crippen molar-refractivity contribution in [2.24, 2.45) is 0 Å². The van der Waals surface area contributed by atoms with Gasteiger partial charge in [-0.15, -0.1) is 11.3 Å². The number of thiazole rings is 1. The zero-order valence-electron chi connectivity index (χ0n) is 15.2. The number of piperidine rings is 1. The smallest absolute Gasteiger partial charge is 0.271 e. The number of para-hydroxylation sites is 1. The van der Waals surface area contributed by atoms with Crippen LogP contribution in [0.1, 0.15) is 29.6 Å². The van der Waals surface area contributed by atoms with E-state index in [9.17, 15) is 10.1 Å². The van der Waals surface area contributed by atoms with Crippen molar-refractivity contribution >= 4 is 38.3 Å². The molecule has 0 unspecified atom stereocenters. The number of fused-ring (bicyclic) bond motifs is 2. The lowest BCUT2D eigenvalue weighted by molar-refractivity contribution is -0.384. The van der Waals surface area contributed by atoms with Gasteiger partial charge < -0.3 is 4.98 Å². The van der Waals surface area contributed by atoms with Gasteiger partial charge in [-0.05, 0) is 44.1 Å². The van der Waals surface area contributed by atoms with E-state index in [0.717, 1.165) is 49.3 Å². The van der Waals surface area contributed by atoms with E-state index >= 15 is 0 Å². The first-order chi connectivity index (χ1) is 13.7. The monoisotopic (exact) mass is 393 g/mol. The second kappa shape index (κ2) is 6.96. The van der Waals surface area contributed by atoms with Crippen LogP contribution in [0, 0.1) is 10.1 Å². The minimum atomic E-state index is -0.382. The van der Waals surface area contributed by atoms with Crippen LogP contribution in [0.3, 0.4) is 0 Å². The molecule has 0 bridgehead atoms. The van der Waals surface area contributed by atoms with Gasteiger partial charge in [0.2, 0.25) is 0 Å². The van der Waals surface area contributed by atoms with E-state index in [1.807, 2.05) is 17.4 Å². The predicted octanol–water partition coefficient (Wildman–Crippen LogP) is 4.46. The molecule has 5 rings (SSSR count).